The quantitative estimate of drug-likeness (QED) is 0.0373. The molecule has 0 aromatic heterocycles. The molecule has 0 heterocycles. The van der Waals surface area contributed by atoms with Gasteiger partial charge in [-0.25, -0.2) is 0 Å². The van der Waals surface area contributed by atoms with Crippen molar-refractivity contribution in [2.75, 3.05) is 13.2 Å². The lowest BCUT2D eigenvalue weighted by atomic mass is 10.0. The van der Waals surface area contributed by atoms with Crippen molar-refractivity contribution >= 4 is 11.9 Å². The average molecular weight is 1170 g/mol. The van der Waals surface area contributed by atoms with E-state index in [4.69, 9.17) is 9.47 Å². The number of aliphatic hydroxyl groups excluding tert-OH is 1. The summed E-state index contributed by atoms with van der Waals surface area (Å²) in [6, 6.07) is 0. The van der Waals surface area contributed by atoms with Crippen LogP contribution in [0.2, 0.25) is 0 Å². The van der Waals surface area contributed by atoms with E-state index in [1.807, 2.05) is 0 Å². The summed E-state index contributed by atoms with van der Waals surface area (Å²) < 4.78 is 10.8. The molecule has 0 aliphatic carbocycles. The highest BCUT2D eigenvalue weighted by Crippen LogP contribution is 2.19. The van der Waals surface area contributed by atoms with Crippen molar-refractivity contribution in [3.05, 3.63) is 97.2 Å². The van der Waals surface area contributed by atoms with Crippen molar-refractivity contribution in [2.24, 2.45) is 0 Å². The van der Waals surface area contributed by atoms with Crippen LogP contribution in [0.1, 0.15) is 373 Å². The van der Waals surface area contributed by atoms with Crippen LogP contribution < -0.4 is 0 Å². The number of aliphatic hydroxyl groups is 1. The molecule has 0 bridgehead atoms. The van der Waals surface area contributed by atoms with Gasteiger partial charge >= 0.3 is 11.9 Å². The Bertz CT molecular complexity index is 1560. The van der Waals surface area contributed by atoms with E-state index in [9.17, 15) is 14.7 Å². The van der Waals surface area contributed by atoms with Crippen molar-refractivity contribution < 1.29 is 24.2 Å². The second kappa shape index (κ2) is 74.1. The van der Waals surface area contributed by atoms with Gasteiger partial charge in [0.15, 0.2) is 6.10 Å². The number of hydrogen-bond acceptors (Lipinski definition) is 5. The Labute approximate surface area is 523 Å². The van der Waals surface area contributed by atoms with Gasteiger partial charge in [0.25, 0.3) is 0 Å². The Morgan fingerprint density at radius 1 is 0.286 bits per heavy atom. The van der Waals surface area contributed by atoms with Crippen LogP contribution in [-0.2, 0) is 19.1 Å². The van der Waals surface area contributed by atoms with Crippen LogP contribution in [0.4, 0.5) is 0 Å². The van der Waals surface area contributed by atoms with E-state index in [1.54, 1.807) is 0 Å². The topological polar surface area (TPSA) is 72.8 Å². The molecule has 0 saturated carbocycles. The van der Waals surface area contributed by atoms with E-state index in [2.05, 4.69) is 111 Å². The van der Waals surface area contributed by atoms with E-state index < -0.39 is 6.10 Å². The van der Waals surface area contributed by atoms with Gasteiger partial charge in [0.05, 0.1) is 6.61 Å². The number of ether oxygens (including phenoxy) is 2. The zero-order valence-electron chi connectivity index (χ0n) is 55.9. The highest BCUT2D eigenvalue weighted by molar-refractivity contribution is 5.70. The molecule has 0 aromatic rings. The maximum absolute atomic E-state index is 12.4. The molecule has 0 aliphatic rings. The average Bonchev–Trinajstić information content (AvgIpc) is 3.51. The first kappa shape index (κ1) is 80.8. The number of esters is 2. The molecule has 5 nitrogen and oxygen atoms in total. The Balaban J connectivity index is 3.41. The Morgan fingerprint density at radius 3 is 0.774 bits per heavy atom. The SMILES string of the molecule is CC/C=C\C/C=C\C/C=C\C/C=C\C/C=C\C/C=C\CCCCCCCCCCCCC(=O)OC(CO)COC(=O)CCCCCCCCCCCCCCCCCCCCCCCCCCCCCCC/C=C\C/C=C\CCCCCCC. The first-order chi connectivity index (χ1) is 41.6. The summed E-state index contributed by atoms with van der Waals surface area (Å²) in [7, 11) is 0. The molecule has 1 N–H and O–H groups in total. The Hall–Kier alpha value is -3.18. The molecule has 486 valence electrons. The van der Waals surface area contributed by atoms with Gasteiger partial charge in [-0.15, -0.1) is 0 Å². The Morgan fingerprint density at radius 2 is 0.512 bits per heavy atom. The van der Waals surface area contributed by atoms with Crippen LogP contribution in [0.3, 0.4) is 0 Å². The van der Waals surface area contributed by atoms with Crippen LogP contribution in [0.25, 0.3) is 0 Å². The number of carbonyl (C=O) groups excluding carboxylic acids is 2. The van der Waals surface area contributed by atoms with E-state index in [0.29, 0.717) is 12.8 Å². The van der Waals surface area contributed by atoms with Crippen LogP contribution in [0.15, 0.2) is 97.2 Å². The van der Waals surface area contributed by atoms with Crippen LogP contribution >= 0.6 is 0 Å². The summed E-state index contributed by atoms with van der Waals surface area (Å²) in [6.07, 6.45) is 106. The molecule has 5 heteroatoms. The van der Waals surface area contributed by atoms with Gasteiger partial charge in [0.1, 0.15) is 6.61 Å². The number of unbranched alkanes of at least 4 members (excludes halogenated alkanes) is 44. The molecule has 0 saturated heterocycles. The summed E-state index contributed by atoms with van der Waals surface area (Å²) in [5, 5.41) is 9.71. The first-order valence-electron chi connectivity index (χ1n) is 36.8. The molecule has 0 rings (SSSR count). The van der Waals surface area contributed by atoms with Crippen LogP contribution in [0.5, 0.6) is 0 Å². The van der Waals surface area contributed by atoms with Gasteiger partial charge in [0.2, 0.25) is 0 Å². The lowest BCUT2D eigenvalue weighted by Gasteiger charge is -2.15. The largest absolute Gasteiger partial charge is 0.462 e. The Kier molecular flexibility index (Phi) is 71.3. The molecule has 0 aromatic carbocycles. The van der Waals surface area contributed by atoms with Crippen molar-refractivity contribution in [3.63, 3.8) is 0 Å². The van der Waals surface area contributed by atoms with E-state index >= 15 is 0 Å². The second-order valence-corrected chi connectivity index (χ2v) is 24.6. The fraction of sp³-hybridized carbons (Fsp3) is 0.772. The summed E-state index contributed by atoms with van der Waals surface area (Å²) >= 11 is 0. The molecule has 0 radical (unpaired) electrons. The van der Waals surface area contributed by atoms with Gasteiger partial charge in [0, 0.05) is 12.8 Å². The predicted octanol–water partition coefficient (Wildman–Crippen LogP) is 25.8. The minimum atomic E-state index is -0.780. The van der Waals surface area contributed by atoms with Crippen molar-refractivity contribution in [3.8, 4) is 0 Å². The van der Waals surface area contributed by atoms with E-state index in [-0.39, 0.29) is 25.2 Å². The van der Waals surface area contributed by atoms with Crippen LogP contribution in [-0.4, -0.2) is 36.4 Å². The van der Waals surface area contributed by atoms with Gasteiger partial charge in [-0.3, -0.25) is 9.59 Å². The molecule has 0 fully saturated rings. The molecular weight excluding hydrogens is 1030 g/mol. The fourth-order valence-electron chi connectivity index (χ4n) is 10.9. The molecule has 0 amide bonds. The number of allylic oxidation sites excluding steroid dienone is 16. The third-order valence-corrected chi connectivity index (χ3v) is 16.4. The monoisotopic (exact) mass is 1170 g/mol. The van der Waals surface area contributed by atoms with Crippen molar-refractivity contribution in [1.82, 2.24) is 0 Å². The van der Waals surface area contributed by atoms with Crippen molar-refractivity contribution in [1.29, 1.82) is 0 Å². The highest BCUT2D eigenvalue weighted by atomic mass is 16.6. The summed E-state index contributed by atoms with van der Waals surface area (Å²) in [5.41, 5.74) is 0. The lowest BCUT2D eigenvalue weighted by molar-refractivity contribution is -0.161. The number of hydrogen-bond donors (Lipinski definition) is 1. The summed E-state index contributed by atoms with van der Waals surface area (Å²) in [4.78, 5) is 24.7. The molecule has 1 unspecified atom stereocenters. The standard InChI is InChI=1S/C79H140O5/c1-3-5-7-9-11-13-15-17-19-21-23-25-27-29-31-33-34-35-36-37-38-39-40-41-42-43-44-46-47-49-51-53-55-57-59-61-63-65-67-69-71-73-78(81)83-76-77(75-80)84-79(82)74-72-70-68-66-64-62-60-58-56-54-52-50-48-45-32-30-28-26-24-22-20-18-16-14-12-10-8-6-4-2/h6,8,12,14-15,17-18,20-21,23-24,26,30,32,48,50,77,80H,3-5,7,9-11,13,16,19,22,25,27-29,31,33-47,49,51-76H2,1-2H3/b8-6-,14-12-,17-15-,20-18-,23-21-,26-24-,32-30-,50-48-. The zero-order chi connectivity index (χ0) is 60.5. The van der Waals surface area contributed by atoms with E-state index in [1.165, 1.54) is 263 Å². The second-order valence-electron chi connectivity index (χ2n) is 24.6. The van der Waals surface area contributed by atoms with Crippen LogP contribution in [0, 0.1) is 0 Å². The highest BCUT2D eigenvalue weighted by Gasteiger charge is 2.16. The third-order valence-electron chi connectivity index (χ3n) is 16.4. The molecule has 0 aliphatic heterocycles. The molecule has 84 heavy (non-hydrogen) atoms. The maximum Gasteiger partial charge on any atom is 0.306 e. The number of rotatable bonds is 68. The zero-order valence-corrected chi connectivity index (χ0v) is 55.9. The van der Waals surface area contributed by atoms with Gasteiger partial charge in [-0.1, -0.05) is 361 Å². The van der Waals surface area contributed by atoms with Gasteiger partial charge in [-0.2, -0.15) is 0 Å². The minimum Gasteiger partial charge on any atom is -0.462 e. The normalized spacial score (nSPS) is 12.8. The van der Waals surface area contributed by atoms with Gasteiger partial charge < -0.3 is 14.6 Å². The molecule has 1 atom stereocenters. The van der Waals surface area contributed by atoms with E-state index in [0.717, 1.165) is 83.5 Å². The molecular formula is C79H140O5. The third kappa shape index (κ3) is 71.3. The summed E-state index contributed by atoms with van der Waals surface area (Å²) in [5.74, 6) is -0.583. The molecule has 0 spiro atoms. The summed E-state index contributed by atoms with van der Waals surface area (Å²) in [6.45, 7) is 4.05. The van der Waals surface area contributed by atoms with Crippen molar-refractivity contribution in [2.45, 2.75) is 380 Å². The lowest BCUT2D eigenvalue weighted by Crippen LogP contribution is -2.28. The maximum atomic E-state index is 12.4. The predicted molar refractivity (Wildman–Crippen MR) is 371 cm³/mol. The van der Waals surface area contributed by atoms with Gasteiger partial charge in [-0.05, 0) is 96.3 Å². The fourth-order valence-corrected chi connectivity index (χ4v) is 10.9. The smallest absolute Gasteiger partial charge is 0.306 e. The first-order valence-corrected chi connectivity index (χ1v) is 36.8. The minimum absolute atomic E-state index is 0.0676. The number of carbonyl (C=O) groups is 2.